The maximum absolute atomic E-state index is 12.1. The largest absolute Gasteiger partial charge is 0.497 e. The number of nitrogens with zero attached hydrogens (tertiary/aromatic N) is 3. The molecule has 1 amide bonds. The summed E-state index contributed by atoms with van der Waals surface area (Å²) in [6.07, 6.45) is 5.63. The van der Waals surface area contributed by atoms with Crippen molar-refractivity contribution in [1.29, 1.82) is 0 Å². The van der Waals surface area contributed by atoms with Crippen LogP contribution in [0.25, 0.3) is 0 Å². The predicted octanol–water partition coefficient (Wildman–Crippen LogP) is 3.61. The molecule has 1 saturated heterocycles. The van der Waals surface area contributed by atoms with Crippen LogP contribution in [0.15, 0.2) is 36.7 Å². The van der Waals surface area contributed by atoms with Gasteiger partial charge in [0.15, 0.2) is 0 Å². The van der Waals surface area contributed by atoms with E-state index in [9.17, 15) is 4.79 Å². The lowest BCUT2D eigenvalue weighted by atomic mass is 9.95. The molecule has 1 aliphatic rings. The highest BCUT2D eigenvalue weighted by Crippen LogP contribution is 2.28. The van der Waals surface area contributed by atoms with Crippen molar-refractivity contribution < 1.29 is 14.3 Å². The van der Waals surface area contributed by atoms with Gasteiger partial charge in [0.1, 0.15) is 11.5 Å². The summed E-state index contributed by atoms with van der Waals surface area (Å²) in [6, 6.07) is 7.34. The van der Waals surface area contributed by atoms with E-state index < -0.39 is 0 Å². The molecule has 1 aromatic heterocycles. The second-order valence-corrected chi connectivity index (χ2v) is 6.56. The van der Waals surface area contributed by atoms with Crippen molar-refractivity contribution in [1.82, 2.24) is 14.9 Å². The van der Waals surface area contributed by atoms with E-state index in [4.69, 9.17) is 21.1 Å². The van der Waals surface area contributed by atoms with Gasteiger partial charge < -0.3 is 14.4 Å². The molecule has 1 unspecified atom stereocenters. The summed E-state index contributed by atoms with van der Waals surface area (Å²) >= 11 is 5.69. The molecule has 0 bridgehead atoms. The van der Waals surface area contributed by atoms with Crippen LogP contribution in [0.4, 0.5) is 0 Å². The third kappa shape index (κ3) is 4.64. The number of hydrogen-bond acceptors (Lipinski definition) is 5. The number of methoxy groups -OCH3 is 1. The highest BCUT2D eigenvalue weighted by Gasteiger charge is 2.25. The zero-order valence-corrected chi connectivity index (χ0v) is 15.5. The molecular weight excluding hydrogens is 354 g/mol. The lowest BCUT2D eigenvalue weighted by Gasteiger charge is -2.32. The fourth-order valence-corrected chi connectivity index (χ4v) is 3.24. The van der Waals surface area contributed by atoms with E-state index in [-0.39, 0.29) is 11.8 Å². The highest BCUT2D eigenvalue weighted by atomic mass is 35.5. The normalized spacial score (nSPS) is 17.0. The minimum Gasteiger partial charge on any atom is -0.497 e. The van der Waals surface area contributed by atoms with Gasteiger partial charge in [-0.25, -0.2) is 4.98 Å². The Balaban J connectivity index is 1.71. The molecule has 26 heavy (non-hydrogen) atoms. The molecule has 2 heterocycles. The van der Waals surface area contributed by atoms with Gasteiger partial charge in [0.2, 0.25) is 11.8 Å². The average molecular weight is 376 g/mol. The Labute approximate surface area is 158 Å². The molecule has 0 saturated carbocycles. The van der Waals surface area contributed by atoms with Gasteiger partial charge >= 0.3 is 0 Å². The Morgan fingerprint density at radius 1 is 1.35 bits per heavy atom. The highest BCUT2D eigenvalue weighted by molar-refractivity contribution is 6.18. The lowest BCUT2D eigenvalue weighted by molar-refractivity contribution is -0.132. The van der Waals surface area contributed by atoms with Crippen LogP contribution in [0.3, 0.4) is 0 Å². The Bertz CT molecular complexity index is 756. The minimum absolute atomic E-state index is 0.0986. The van der Waals surface area contributed by atoms with Crippen molar-refractivity contribution in [2.75, 3.05) is 26.1 Å². The van der Waals surface area contributed by atoms with E-state index in [1.165, 1.54) is 0 Å². The number of likely N-dealkylation sites (tertiary alicyclic amines) is 1. The zero-order valence-electron chi connectivity index (χ0n) is 14.7. The van der Waals surface area contributed by atoms with Gasteiger partial charge in [0, 0.05) is 43.6 Å². The van der Waals surface area contributed by atoms with Gasteiger partial charge in [-0.05, 0) is 25.0 Å². The molecule has 3 rings (SSSR count). The molecule has 0 spiro atoms. The fourth-order valence-electron chi connectivity index (χ4n) is 3.08. The van der Waals surface area contributed by atoms with Gasteiger partial charge in [-0.3, -0.25) is 9.78 Å². The van der Waals surface area contributed by atoms with Crippen molar-refractivity contribution >= 4 is 17.5 Å². The van der Waals surface area contributed by atoms with Crippen molar-refractivity contribution in [2.45, 2.75) is 25.2 Å². The van der Waals surface area contributed by atoms with E-state index in [1.807, 2.05) is 23.1 Å². The molecule has 6 nitrogen and oxygen atoms in total. The third-order valence-electron chi connectivity index (χ3n) is 4.40. The Morgan fingerprint density at radius 3 is 3.00 bits per heavy atom. The zero-order chi connectivity index (χ0) is 18.4. The summed E-state index contributed by atoms with van der Waals surface area (Å²) in [4.78, 5) is 22.8. The summed E-state index contributed by atoms with van der Waals surface area (Å²) in [5, 5.41) is 0. The molecular formula is C19H22ClN3O3. The Hall–Kier alpha value is -2.34. The van der Waals surface area contributed by atoms with Crippen LogP contribution < -0.4 is 9.47 Å². The molecule has 1 aromatic carbocycles. The number of hydrogen-bond donors (Lipinski definition) is 0. The Morgan fingerprint density at radius 2 is 2.19 bits per heavy atom. The van der Waals surface area contributed by atoms with Gasteiger partial charge in [-0.1, -0.05) is 6.07 Å². The molecule has 138 valence electrons. The first-order valence-electron chi connectivity index (χ1n) is 8.67. The first-order valence-corrected chi connectivity index (χ1v) is 9.20. The number of carbonyl (C=O) groups excluding carboxylic acids is 1. The molecule has 1 fully saturated rings. The van der Waals surface area contributed by atoms with Crippen LogP contribution in [0.1, 0.15) is 30.9 Å². The SMILES string of the molecule is COc1cccc(Oc2cncc(C3CCCN(C(=O)CCCl)C3)n2)c1. The maximum Gasteiger partial charge on any atom is 0.238 e. The topological polar surface area (TPSA) is 64.6 Å². The summed E-state index contributed by atoms with van der Waals surface area (Å²) in [6.45, 7) is 1.42. The number of alkyl halides is 1. The van der Waals surface area contributed by atoms with E-state index in [2.05, 4.69) is 9.97 Å². The number of halogens is 1. The summed E-state index contributed by atoms with van der Waals surface area (Å²) in [7, 11) is 1.61. The second kappa shape index (κ2) is 8.85. The summed E-state index contributed by atoms with van der Waals surface area (Å²) < 4.78 is 11.0. The number of aromatic nitrogens is 2. The van der Waals surface area contributed by atoms with E-state index in [1.54, 1.807) is 25.6 Å². The predicted molar refractivity (Wildman–Crippen MR) is 99.0 cm³/mol. The summed E-state index contributed by atoms with van der Waals surface area (Å²) in [5.74, 6) is 2.39. The van der Waals surface area contributed by atoms with Crippen LogP contribution in [-0.2, 0) is 4.79 Å². The molecule has 1 atom stereocenters. The quantitative estimate of drug-likeness (QED) is 0.721. The number of carbonyl (C=O) groups is 1. The first kappa shape index (κ1) is 18.5. The van der Waals surface area contributed by atoms with E-state index in [0.29, 0.717) is 36.2 Å². The fraction of sp³-hybridized carbons (Fsp3) is 0.421. The van der Waals surface area contributed by atoms with Crippen LogP contribution in [0, 0.1) is 0 Å². The monoisotopic (exact) mass is 375 g/mol. The standard InChI is InChI=1S/C19H22ClN3O3/c1-25-15-5-2-6-16(10-15)26-18-12-21-11-17(22-18)14-4-3-9-23(13-14)19(24)7-8-20/h2,5-6,10-12,14H,3-4,7-9,13H2,1H3. The first-order chi connectivity index (χ1) is 12.7. The van der Waals surface area contributed by atoms with Crippen molar-refractivity contribution in [2.24, 2.45) is 0 Å². The van der Waals surface area contributed by atoms with Gasteiger partial charge in [0.05, 0.1) is 19.0 Å². The molecule has 2 aromatic rings. The van der Waals surface area contributed by atoms with Crippen molar-refractivity contribution in [3.8, 4) is 17.4 Å². The average Bonchev–Trinajstić information content (AvgIpc) is 2.68. The second-order valence-electron chi connectivity index (χ2n) is 6.18. The lowest BCUT2D eigenvalue weighted by Crippen LogP contribution is -2.39. The number of benzene rings is 1. The van der Waals surface area contributed by atoms with Crippen LogP contribution >= 0.6 is 11.6 Å². The smallest absolute Gasteiger partial charge is 0.238 e. The minimum atomic E-state index is 0.0986. The number of piperidine rings is 1. The van der Waals surface area contributed by atoms with E-state index >= 15 is 0 Å². The van der Waals surface area contributed by atoms with Crippen LogP contribution in [0.2, 0.25) is 0 Å². The van der Waals surface area contributed by atoms with Crippen molar-refractivity contribution in [3.63, 3.8) is 0 Å². The van der Waals surface area contributed by atoms with Crippen molar-refractivity contribution in [3.05, 3.63) is 42.4 Å². The maximum atomic E-state index is 12.1. The van der Waals surface area contributed by atoms with Crippen LogP contribution in [0.5, 0.6) is 17.4 Å². The van der Waals surface area contributed by atoms with Gasteiger partial charge in [0.25, 0.3) is 0 Å². The summed E-state index contributed by atoms with van der Waals surface area (Å²) in [5.41, 5.74) is 0.841. The Kier molecular flexibility index (Phi) is 6.28. The molecule has 0 aliphatic carbocycles. The molecule has 0 radical (unpaired) electrons. The molecule has 7 heteroatoms. The number of rotatable bonds is 6. The van der Waals surface area contributed by atoms with Gasteiger partial charge in [-0.15, -0.1) is 11.6 Å². The third-order valence-corrected chi connectivity index (χ3v) is 4.58. The van der Waals surface area contributed by atoms with Crippen LogP contribution in [-0.4, -0.2) is 46.9 Å². The molecule has 1 aliphatic heterocycles. The number of amides is 1. The van der Waals surface area contributed by atoms with Gasteiger partial charge in [-0.2, -0.15) is 0 Å². The molecule has 0 N–H and O–H groups in total. The number of ether oxygens (including phenoxy) is 2. The van der Waals surface area contributed by atoms with E-state index in [0.717, 1.165) is 25.1 Å².